The van der Waals surface area contributed by atoms with E-state index >= 15 is 0 Å². The fourth-order valence-corrected chi connectivity index (χ4v) is 1.90. The second-order valence-corrected chi connectivity index (χ2v) is 4.26. The van der Waals surface area contributed by atoms with Crippen LogP contribution in [0, 0.1) is 5.82 Å². The maximum absolute atomic E-state index is 13.0. The number of amides is 1. The second-order valence-electron chi connectivity index (χ2n) is 4.26. The summed E-state index contributed by atoms with van der Waals surface area (Å²) in [6.07, 6.45) is 0. The molecular formula is C12H16FN2O+. The lowest BCUT2D eigenvalue weighted by Crippen LogP contribution is -3.12. The van der Waals surface area contributed by atoms with Crippen molar-refractivity contribution in [2.24, 2.45) is 0 Å². The summed E-state index contributed by atoms with van der Waals surface area (Å²) in [5.74, 6) is -0.419. The number of piperazine rings is 1. The van der Waals surface area contributed by atoms with Crippen molar-refractivity contribution in [3.8, 4) is 0 Å². The number of carbonyl (C=O) groups is 1. The molecule has 16 heavy (non-hydrogen) atoms. The van der Waals surface area contributed by atoms with Crippen LogP contribution in [-0.4, -0.2) is 44.0 Å². The molecule has 1 amide bonds. The first-order valence-corrected chi connectivity index (χ1v) is 5.53. The zero-order valence-corrected chi connectivity index (χ0v) is 9.37. The first kappa shape index (κ1) is 11.1. The Kier molecular flexibility index (Phi) is 3.19. The molecule has 3 nitrogen and oxygen atoms in total. The van der Waals surface area contributed by atoms with Crippen LogP contribution in [0.1, 0.15) is 10.4 Å². The molecule has 1 saturated heterocycles. The molecule has 0 atom stereocenters. The van der Waals surface area contributed by atoms with Gasteiger partial charge >= 0.3 is 0 Å². The van der Waals surface area contributed by atoms with Gasteiger partial charge in [0.2, 0.25) is 0 Å². The van der Waals surface area contributed by atoms with E-state index < -0.39 is 0 Å². The summed E-state index contributed by atoms with van der Waals surface area (Å²) < 4.78 is 13.0. The number of likely N-dealkylation sites (N-methyl/N-ethyl adjacent to an activating group) is 1. The summed E-state index contributed by atoms with van der Waals surface area (Å²) in [5, 5.41) is 0. The van der Waals surface area contributed by atoms with Crippen molar-refractivity contribution < 1.29 is 14.1 Å². The van der Waals surface area contributed by atoms with Crippen molar-refractivity contribution in [1.82, 2.24) is 4.90 Å². The number of halogens is 1. The highest BCUT2D eigenvalue weighted by atomic mass is 19.1. The topological polar surface area (TPSA) is 24.8 Å². The first-order chi connectivity index (χ1) is 7.66. The monoisotopic (exact) mass is 223 g/mol. The third-order valence-corrected chi connectivity index (χ3v) is 2.98. The number of rotatable bonds is 1. The van der Waals surface area contributed by atoms with Gasteiger partial charge in [0.05, 0.1) is 33.2 Å². The summed E-state index contributed by atoms with van der Waals surface area (Å²) in [7, 11) is 2.12. The summed E-state index contributed by atoms with van der Waals surface area (Å²) >= 11 is 0. The number of nitrogens with one attached hydrogen (secondary N) is 1. The van der Waals surface area contributed by atoms with E-state index in [0.29, 0.717) is 5.56 Å². The number of quaternary nitrogens is 1. The molecule has 1 aromatic rings. The minimum atomic E-state index is -0.356. The van der Waals surface area contributed by atoms with E-state index in [4.69, 9.17) is 0 Å². The van der Waals surface area contributed by atoms with Crippen LogP contribution in [0.15, 0.2) is 24.3 Å². The number of nitrogens with zero attached hydrogens (tertiary/aromatic N) is 1. The van der Waals surface area contributed by atoms with E-state index in [-0.39, 0.29) is 11.7 Å². The van der Waals surface area contributed by atoms with E-state index in [1.165, 1.54) is 17.0 Å². The van der Waals surface area contributed by atoms with Crippen LogP contribution in [0.4, 0.5) is 4.39 Å². The summed E-state index contributed by atoms with van der Waals surface area (Å²) in [6.45, 7) is 3.42. The van der Waals surface area contributed by atoms with Gasteiger partial charge in [-0.15, -0.1) is 0 Å². The molecule has 4 heteroatoms. The third kappa shape index (κ3) is 2.39. The van der Waals surface area contributed by atoms with Gasteiger partial charge in [0.1, 0.15) is 5.82 Å². The lowest BCUT2D eigenvalue weighted by molar-refractivity contribution is -0.883. The van der Waals surface area contributed by atoms with Crippen LogP contribution in [0.25, 0.3) is 0 Å². The van der Waals surface area contributed by atoms with Gasteiger partial charge in [-0.05, 0) is 18.2 Å². The van der Waals surface area contributed by atoms with Gasteiger partial charge < -0.3 is 9.80 Å². The fourth-order valence-electron chi connectivity index (χ4n) is 1.90. The number of hydrogen-bond donors (Lipinski definition) is 1. The molecule has 0 unspecified atom stereocenters. The highest BCUT2D eigenvalue weighted by Gasteiger charge is 2.22. The van der Waals surface area contributed by atoms with Gasteiger partial charge in [-0.3, -0.25) is 4.79 Å². The lowest BCUT2D eigenvalue weighted by Gasteiger charge is -2.30. The highest BCUT2D eigenvalue weighted by Crippen LogP contribution is 2.07. The number of carbonyl (C=O) groups excluding carboxylic acids is 1. The molecule has 0 spiro atoms. The molecule has 86 valence electrons. The quantitative estimate of drug-likeness (QED) is 0.700. The Morgan fingerprint density at radius 1 is 1.38 bits per heavy atom. The van der Waals surface area contributed by atoms with Crippen molar-refractivity contribution in [3.63, 3.8) is 0 Å². The van der Waals surface area contributed by atoms with Crippen LogP contribution in [-0.2, 0) is 0 Å². The molecule has 0 aromatic heterocycles. The van der Waals surface area contributed by atoms with Crippen LogP contribution in [0.3, 0.4) is 0 Å². The molecule has 0 bridgehead atoms. The molecule has 1 aromatic carbocycles. The van der Waals surface area contributed by atoms with Crippen LogP contribution in [0.2, 0.25) is 0 Å². The van der Waals surface area contributed by atoms with Crippen molar-refractivity contribution in [2.75, 3.05) is 33.2 Å². The minimum absolute atomic E-state index is 0.0630. The van der Waals surface area contributed by atoms with Gasteiger partial charge in [-0.2, -0.15) is 0 Å². The molecule has 1 fully saturated rings. The zero-order chi connectivity index (χ0) is 11.5. The maximum Gasteiger partial charge on any atom is 0.254 e. The summed E-state index contributed by atoms with van der Waals surface area (Å²) in [5.41, 5.74) is 0.444. The molecule has 2 rings (SSSR count). The Balaban J connectivity index is 2.08. The third-order valence-electron chi connectivity index (χ3n) is 2.98. The van der Waals surface area contributed by atoms with Gasteiger partial charge in [0, 0.05) is 5.56 Å². The van der Waals surface area contributed by atoms with Crippen molar-refractivity contribution >= 4 is 5.91 Å². The predicted molar refractivity (Wildman–Crippen MR) is 58.9 cm³/mol. The van der Waals surface area contributed by atoms with Gasteiger partial charge in [-0.25, -0.2) is 4.39 Å². The molecule has 1 aliphatic rings. The molecule has 0 saturated carbocycles. The Bertz CT molecular complexity index is 386. The Hall–Kier alpha value is -1.42. The predicted octanol–water partition coefficient (Wildman–Crippen LogP) is -0.204. The second kappa shape index (κ2) is 4.61. The summed E-state index contributed by atoms with van der Waals surface area (Å²) in [4.78, 5) is 15.2. The van der Waals surface area contributed by atoms with Gasteiger partial charge in [0.25, 0.3) is 5.91 Å². The van der Waals surface area contributed by atoms with E-state index in [9.17, 15) is 9.18 Å². The average Bonchev–Trinajstić information content (AvgIpc) is 2.29. The molecule has 0 radical (unpaired) electrons. The smallest absolute Gasteiger partial charge is 0.254 e. The average molecular weight is 223 g/mol. The largest absolute Gasteiger partial charge is 0.334 e. The number of benzene rings is 1. The Labute approximate surface area is 94.5 Å². The van der Waals surface area contributed by atoms with Crippen LogP contribution >= 0.6 is 0 Å². The van der Waals surface area contributed by atoms with Crippen molar-refractivity contribution in [3.05, 3.63) is 35.6 Å². The molecule has 0 aliphatic carbocycles. The number of hydrogen-bond acceptors (Lipinski definition) is 1. The molecule has 1 heterocycles. The van der Waals surface area contributed by atoms with E-state index in [0.717, 1.165) is 26.2 Å². The van der Waals surface area contributed by atoms with E-state index in [1.54, 1.807) is 17.0 Å². The molecular weight excluding hydrogens is 207 g/mol. The van der Waals surface area contributed by atoms with E-state index in [1.807, 2.05) is 0 Å². The first-order valence-electron chi connectivity index (χ1n) is 5.53. The van der Waals surface area contributed by atoms with Gasteiger partial charge in [-0.1, -0.05) is 6.07 Å². The van der Waals surface area contributed by atoms with Crippen molar-refractivity contribution in [1.29, 1.82) is 0 Å². The maximum atomic E-state index is 13.0. The fraction of sp³-hybridized carbons (Fsp3) is 0.417. The van der Waals surface area contributed by atoms with Crippen molar-refractivity contribution in [2.45, 2.75) is 0 Å². The van der Waals surface area contributed by atoms with E-state index in [2.05, 4.69) is 7.05 Å². The summed E-state index contributed by atoms with van der Waals surface area (Å²) in [6, 6.07) is 5.89. The normalized spacial score (nSPS) is 17.5. The molecule has 1 aliphatic heterocycles. The zero-order valence-electron chi connectivity index (χ0n) is 9.37. The van der Waals surface area contributed by atoms with Crippen LogP contribution in [0.5, 0.6) is 0 Å². The standard InChI is InChI=1S/C12H15FN2O/c1-14-5-7-15(8-6-14)12(16)10-3-2-4-11(13)9-10/h2-4,9H,5-8H2,1H3/p+1. The minimum Gasteiger partial charge on any atom is -0.334 e. The Morgan fingerprint density at radius 2 is 2.06 bits per heavy atom. The Morgan fingerprint density at radius 3 is 2.69 bits per heavy atom. The SMILES string of the molecule is C[NH+]1CCN(C(=O)c2cccc(F)c2)CC1. The highest BCUT2D eigenvalue weighted by molar-refractivity contribution is 5.94. The lowest BCUT2D eigenvalue weighted by atomic mass is 10.2. The van der Waals surface area contributed by atoms with Crippen LogP contribution < -0.4 is 4.90 Å². The molecule has 1 N–H and O–H groups in total. The van der Waals surface area contributed by atoms with Gasteiger partial charge in [0.15, 0.2) is 0 Å².